The highest BCUT2D eigenvalue weighted by Gasteiger charge is 2.36. The maximum atomic E-state index is 11.5. The predicted octanol–water partition coefficient (Wildman–Crippen LogP) is 0.648. The second-order valence-electron chi connectivity index (χ2n) is 3.73. The zero-order valence-electron chi connectivity index (χ0n) is 7.92. The maximum absolute atomic E-state index is 11.5. The first-order chi connectivity index (χ1) is 6.50. The van der Waals surface area contributed by atoms with Gasteiger partial charge in [-0.25, -0.2) is 8.42 Å². The topological polar surface area (TPSA) is 57.6 Å². The van der Waals surface area contributed by atoms with Crippen LogP contribution < -0.4 is 0 Å². The molecule has 1 N–H and O–H groups in total. The number of likely N-dealkylation sites (N-methyl/N-ethyl adjacent to an activating group) is 1. The third-order valence-electron chi connectivity index (χ3n) is 2.86. The van der Waals surface area contributed by atoms with Crippen LogP contribution in [0.2, 0.25) is 0 Å². The lowest BCUT2D eigenvalue weighted by Gasteiger charge is -2.36. The Hall–Kier alpha value is -0.810. The summed E-state index contributed by atoms with van der Waals surface area (Å²) >= 11 is 0. The van der Waals surface area contributed by atoms with Gasteiger partial charge in [0, 0.05) is 19.0 Å². The van der Waals surface area contributed by atoms with E-state index in [9.17, 15) is 13.5 Å². The van der Waals surface area contributed by atoms with Crippen LogP contribution >= 0.6 is 0 Å². The van der Waals surface area contributed by atoms with E-state index < -0.39 is 10.0 Å². The van der Waals surface area contributed by atoms with Crippen LogP contribution in [0.3, 0.4) is 0 Å². The molecular formula is C9H13NO3S. The van der Waals surface area contributed by atoms with Crippen molar-refractivity contribution in [3.05, 3.63) is 24.0 Å². The Balaban J connectivity index is 2.31. The number of allylic oxidation sites excluding steroid dienone is 1. The van der Waals surface area contributed by atoms with Gasteiger partial charge in [-0.05, 0) is 18.6 Å². The van der Waals surface area contributed by atoms with Crippen molar-refractivity contribution in [1.82, 2.24) is 4.31 Å². The Bertz CT molecular complexity index is 396. The number of rotatable bonds is 0. The van der Waals surface area contributed by atoms with Crippen LogP contribution in [0.25, 0.3) is 0 Å². The van der Waals surface area contributed by atoms with Crippen LogP contribution in [0.1, 0.15) is 6.42 Å². The molecule has 0 aromatic rings. The molecule has 0 radical (unpaired) electrons. The van der Waals surface area contributed by atoms with E-state index in [0.29, 0.717) is 6.42 Å². The molecule has 78 valence electrons. The van der Waals surface area contributed by atoms with Crippen molar-refractivity contribution < 1.29 is 13.5 Å². The molecule has 0 aromatic carbocycles. The molecule has 0 aromatic heterocycles. The number of hydrogen-bond donors (Lipinski definition) is 1. The van der Waals surface area contributed by atoms with Gasteiger partial charge in [0.25, 0.3) is 0 Å². The van der Waals surface area contributed by atoms with E-state index in [2.05, 4.69) is 0 Å². The first kappa shape index (κ1) is 9.73. The van der Waals surface area contributed by atoms with E-state index in [1.807, 2.05) is 0 Å². The van der Waals surface area contributed by atoms with Crippen molar-refractivity contribution >= 4 is 10.0 Å². The molecule has 1 aliphatic heterocycles. The van der Waals surface area contributed by atoms with Crippen LogP contribution in [0, 0.1) is 5.92 Å². The summed E-state index contributed by atoms with van der Waals surface area (Å²) in [6.07, 6.45) is 5.62. The third kappa shape index (κ3) is 1.46. The van der Waals surface area contributed by atoms with Crippen molar-refractivity contribution in [2.24, 2.45) is 5.92 Å². The monoisotopic (exact) mass is 215 g/mol. The zero-order valence-corrected chi connectivity index (χ0v) is 8.74. The first-order valence-electron chi connectivity index (χ1n) is 4.55. The van der Waals surface area contributed by atoms with Crippen molar-refractivity contribution in [2.75, 3.05) is 12.8 Å². The molecule has 1 aliphatic carbocycles. The van der Waals surface area contributed by atoms with Gasteiger partial charge >= 0.3 is 0 Å². The summed E-state index contributed by atoms with van der Waals surface area (Å²) in [5.74, 6) is 0.523. The Morgan fingerprint density at radius 3 is 3.00 bits per heavy atom. The average molecular weight is 215 g/mol. The SMILES string of the molecule is CN1C2C=CC(O)=CC2CCS1(=O)=O. The fourth-order valence-electron chi connectivity index (χ4n) is 1.97. The van der Waals surface area contributed by atoms with Crippen molar-refractivity contribution in [2.45, 2.75) is 12.5 Å². The molecule has 0 amide bonds. The third-order valence-corrected chi connectivity index (χ3v) is 4.73. The van der Waals surface area contributed by atoms with Crippen molar-refractivity contribution in [1.29, 1.82) is 0 Å². The minimum absolute atomic E-state index is 0.119. The molecule has 0 saturated carbocycles. The molecule has 2 atom stereocenters. The summed E-state index contributed by atoms with van der Waals surface area (Å²) in [6.45, 7) is 0. The number of fused-ring (bicyclic) bond motifs is 1. The van der Waals surface area contributed by atoms with Crippen molar-refractivity contribution in [3.63, 3.8) is 0 Å². The van der Waals surface area contributed by atoms with Crippen molar-refractivity contribution in [3.8, 4) is 0 Å². The van der Waals surface area contributed by atoms with Gasteiger partial charge in [-0.15, -0.1) is 0 Å². The van der Waals surface area contributed by atoms with Gasteiger partial charge in [-0.1, -0.05) is 6.08 Å². The summed E-state index contributed by atoms with van der Waals surface area (Å²) in [7, 11) is -1.49. The number of aliphatic hydroxyl groups excluding tert-OH is 1. The molecule has 4 nitrogen and oxygen atoms in total. The van der Waals surface area contributed by atoms with Gasteiger partial charge in [0.2, 0.25) is 10.0 Å². The highest BCUT2D eigenvalue weighted by molar-refractivity contribution is 7.89. The quantitative estimate of drug-likeness (QED) is 0.645. The van der Waals surface area contributed by atoms with E-state index in [4.69, 9.17) is 0 Å². The first-order valence-corrected chi connectivity index (χ1v) is 6.16. The Kier molecular flexibility index (Phi) is 2.16. The van der Waals surface area contributed by atoms with Gasteiger partial charge in [0.1, 0.15) is 5.76 Å². The summed E-state index contributed by atoms with van der Waals surface area (Å²) in [6, 6.07) is -0.121. The lowest BCUT2D eigenvalue weighted by atomic mass is 9.92. The largest absolute Gasteiger partial charge is 0.508 e. The lowest BCUT2D eigenvalue weighted by Crippen LogP contribution is -2.47. The maximum Gasteiger partial charge on any atom is 0.214 e. The molecule has 2 aliphatic rings. The molecule has 1 heterocycles. The summed E-state index contributed by atoms with van der Waals surface area (Å²) in [5, 5.41) is 9.27. The Morgan fingerprint density at radius 1 is 1.57 bits per heavy atom. The second kappa shape index (κ2) is 3.10. The molecule has 1 saturated heterocycles. The summed E-state index contributed by atoms with van der Waals surface area (Å²) in [4.78, 5) is 0. The molecule has 0 spiro atoms. The number of nitrogens with zero attached hydrogens (tertiary/aromatic N) is 1. The van der Waals surface area contributed by atoms with E-state index in [1.165, 1.54) is 4.31 Å². The van der Waals surface area contributed by atoms with Crippen LogP contribution in [0.4, 0.5) is 0 Å². The predicted molar refractivity (Wildman–Crippen MR) is 53.3 cm³/mol. The minimum Gasteiger partial charge on any atom is -0.508 e. The lowest BCUT2D eigenvalue weighted by molar-refractivity contribution is 0.306. The van der Waals surface area contributed by atoms with Gasteiger partial charge in [-0.2, -0.15) is 4.31 Å². The van der Waals surface area contributed by atoms with Gasteiger partial charge in [-0.3, -0.25) is 0 Å². The standard InChI is InChI=1S/C9H13NO3S/c1-10-9-3-2-8(11)6-7(9)4-5-14(10,12)13/h2-3,6-7,9,11H,4-5H2,1H3. The van der Waals surface area contributed by atoms with Crippen LogP contribution in [-0.4, -0.2) is 36.7 Å². The number of sulfonamides is 1. The highest BCUT2D eigenvalue weighted by Crippen LogP contribution is 2.30. The van der Waals surface area contributed by atoms with E-state index in [-0.39, 0.29) is 23.5 Å². The molecule has 14 heavy (non-hydrogen) atoms. The number of hydrogen-bond acceptors (Lipinski definition) is 3. The Labute approximate surface area is 83.6 Å². The molecule has 0 bridgehead atoms. The normalized spacial score (nSPS) is 36.2. The van der Waals surface area contributed by atoms with Gasteiger partial charge in [0.15, 0.2) is 0 Å². The van der Waals surface area contributed by atoms with Crippen LogP contribution in [0.15, 0.2) is 24.0 Å². The highest BCUT2D eigenvalue weighted by atomic mass is 32.2. The number of aliphatic hydroxyl groups is 1. The summed E-state index contributed by atoms with van der Waals surface area (Å²) < 4.78 is 24.4. The molecule has 5 heteroatoms. The van der Waals surface area contributed by atoms with Gasteiger partial charge in [0.05, 0.1) is 5.75 Å². The average Bonchev–Trinajstić information content (AvgIpc) is 2.12. The smallest absolute Gasteiger partial charge is 0.214 e. The van der Waals surface area contributed by atoms with Crippen LogP contribution in [-0.2, 0) is 10.0 Å². The van der Waals surface area contributed by atoms with E-state index in [0.717, 1.165) is 0 Å². The molecule has 2 unspecified atom stereocenters. The fourth-order valence-corrected chi connectivity index (χ4v) is 3.43. The second-order valence-corrected chi connectivity index (χ2v) is 5.87. The van der Waals surface area contributed by atoms with Gasteiger partial charge < -0.3 is 5.11 Å². The fraction of sp³-hybridized carbons (Fsp3) is 0.556. The summed E-state index contributed by atoms with van der Waals surface area (Å²) in [5.41, 5.74) is 0. The van der Waals surface area contributed by atoms with E-state index >= 15 is 0 Å². The minimum atomic E-state index is -3.08. The van der Waals surface area contributed by atoms with E-state index in [1.54, 1.807) is 25.3 Å². The molecule has 2 rings (SSSR count). The Morgan fingerprint density at radius 2 is 2.29 bits per heavy atom. The molecule has 1 fully saturated rings. The zero-order chi connectivity index (χ0) is 10.3. The molecular weight excluding hydrogens is 202 g/mol. The van der Waals surface area contributed by atoms with Crippen LogP contribution in [0.5, 0.6) is 0 Å².